The fourth-order valence-electron chi connectivity index (χ4n) is 2.84. The van der Waals surface area contributed by atoms with Gasteiger partial charge in [0, 0.05) is 25.2 Å². The van der Waals surface area contributed by atoms with Gasteiger partial charge in [0.1, 0.15) is 12.4 Å². The van der Waals surface area contributed by atoms with E-state index in [-0.39, 0.29) is 6.61 Å². The molecule has 2 aromatic rings. The van der Waals surface area contributed by atoms with E-state index in [2.05, 4.69) is 22.2 Å². The molecular formula is C21H24N4O3. The maximum Gasteiger partial charge on any atom is 0.170 e. The van der Waals surface area contributed by atoms with Gasteiger partial charge >= 0.3 is 0 Å². The summed E-state index contributed by atoms with van der Waals surface area (Å²) in [5.41, 5.74) is 8.65. The van der Waals surface area contributed by atoms with Crippen LogP contribution in [0.3, 0.4) is 0 Å². The molecule has 3 rings (SSSR count). The Kier molecular flexibility index (Phi) is 7.24. The zero-order valence-corrected chi connectivity index (χ0v) is 15.7. The topological polar surface area (TPSA) is 93.1 Å². The van der Waals surface area contributed by atoms with E-state index in [0.717, 1.165) is 38.4 Å². The summed E-state index contributed by atoms with van der Waals surface area (Å²) >= 11 is 0. The van der Waals surface area contributed by atoms with E-state index in [9.17, 15) is 0 Å². The quantitative estimate of drug-likeness (QED) is 0.326. The first kappa shape index (κ1) is 19.7. The Morgan fingerprint density at radius 1 is 1.14 bits per heavy atom. The number of amidine groups is 1. The normalized spacial score (nSPS) is 15.0. The predicted octanol–water partition coefficient (Wildman–Crippen LogP) is 2.11. The molecule has 146 valence electrons. The largest absolute Gasteiger partial charge is 0.490 e. The molecule has 1 saturated heterocycles. The Morgan fingerprint density at radius 2 is 1.93 bits per heavy atom. The highest BCUT2D eigenvalue weighted by molar-refractivity contribution is 5.97. The van der Waals surface area contributed by atoms with E-state index in [1.54, 1.807) is 24.3 Å². The van der Waals surface area contributed by atoms with Crippen LogP contribution in [-0.4, -0.2) is 50.3 Å². The first-order chi connectivity index (χ1) is 13.7. The third kappa shape index (κ3) is 5.98. The molecule has 28 heavy (non-hydrogen) atoms. The van der Waals surface area contributed by atoms with Crippen LogP contribution in [0.5, 0.6) is 5.75 Å². The molecule has 0 unspecified atom stereocenters. The molecule has 2 N–H and O–H groups in total. The Balaban J connectivity index is 1.45. The van der Waals surface area contributed by atoms with Crippen molar-refractivity contribution in [1.82, 2.24) is 4.90 Å². The van der Waals surface area contributed by atoms with Crippen LogP contribution in [0.15, 0.2) is 53.7 Å². The third-order valence-corrected chi connectivity index (χ3v) is 4.32. The van der Waals surface area contributed by atoms with Crippen molar-refractivity contribution >= 4 is 5.84 Å². The standard InChI is InChI=1S/C21H24N4O3/c22-15-17-4-6-20(7-5-17)27-12-13-28-24-21(23)19-3-1-2-18(14-19)16-25-8-10-26-11-9-25/h1-7,14H,8-13,16H2,(H2,23,24). The molecule has 1 aliphatic rings. The van der Waals surface area contributed by atoms with E-state index in [1.807, 2.05) is 18.2 Å². The highest BCUT2D eigenvalue weighted by Gasteiger charge is 2.11. The van der Waals surface area contributed by atoms with Crippen molar-refractivity contribution < 1.29 is 14.3 Å². The zero-order chi connectivity index (χ0) is 19.6. The van der Waals surface area contributed by atoms with Crippen LogP contribution in [0.4, 0.5) is 0 Å². The Hall–Kier alpha value is -3.08. The summed E-state index contributed by atoms with van der Waals surface area (Å²) in [6.45, 7) is 4.91. The van der Waals surface area contributed by atoms with Crippen LogP contribution in [0.1, 0.15) is 16.7 Å². The second-order valence-electron chi connectivity index (χ2n) is 6.38. The minimum absolute atomic E-state index is 0.272. The Labute approximate surface area is 164 Å². The van der Waals surface area contributed by atoms with Crippen LogP contribution in [-0.2, 0) is 16.1 Å². The fraction of sp³-hybridized carbons (Fsp3) is 0.333. The average Bonchev–Trinajstić information content (AvgIpc) is 2.75. The summed E-state index contributed by atoms with van der Waals surface area (Å²) in [6.07, 6.45) is 0. The lowest BCUT2D eigenvalue weighted by atomic mass is 10.1. The fourth-order valence-corrected chi connectivity index (χ4v) is 2.84. The van der Waals surface area contributed by atoms with Gasteiger partial charge in [-0.2, -0.15) is 5.26 Å². The Bertz CT molecular complexity index is 824. The monoisotopic (exact) mass is 380 g/mol. The highest BCUT2D eigenvalue weighted by Crippen LogP contribution is 2.12. The third-order valence-electron chi connectivity index (χ3n) is 4.32. The van der Waals surface area contributed by atoms with Gasteiger partial charge in [-0.25, -0.2) is 0 Å². The number of rotatable bonds is 8. The number of nitrogens with zero attached hydrogens (tertiary/aromatic N) is 3. The molecule has 0 amide bonds. The summed E-state index contributed by atoms with van der Waals surface area (Å²) in [5, 5.41) is 12.8. The number of morpholine rings is 1. The minimum atomic E-state index is 0.272. The summed E-state index contributed by atoms with van der Waals surface area (Å²) in [5.74, 6) is 1.01. The lowest BCUT2D eigenvalue weighted by Crippen LogP contribution is -2.35. The number of hydrogen-bond donors (Lipinski definition) is 1. The SMILES string of the molecule is N#Cc1ccc(OCCO/N=C(/N)c2cccc(CN3CCOCC3)c2)cc1. The molecule has 2 aromatic carbocycles. The second-order valence-corrected chi connectivity index (χ2v) is 6.38. The minimum Gasteiger partial charge on any atom is -0.490 e. The predicted molar refractivity (Wildman–Crippen MR) is 106 cm³/mol. The van der Waals surface area contributed by atoms with E-state index < -0.39 is 0 Å². The molecule has 0 aromatic heterocycles. The first-order valence-corrected chi connectivity index (χ1v) is 9.22. The van der Waals surface area contributed by atoms with Gasteiger partial charge in [-0.1, -0.05) is 23.4 Å². The van der Waals surface area contributed by atoms with Crippen LogP contribution in [0, 0.1) is 11.3 Å². The number of benzene rings is 2. The highest BCUT2D eigenvalue weighted by atomic mass is 16.6. The van der Waals surface area contributed by atoms with Gasteiger partial charge in [0.15, 0.2) is 12.4 Å². The van der Waals surface area contributed by atoms with Crippen LogP contribution in [0.2, 0.25) is 0 Å². The first-order valence-electron chi connectivity index (χ1n) is 9.22. The average molecular weight is 380 g/mol. The van der Waals surface area contributed by atoms with Gasteiger partial charge < -0.3 is 20.0 Å². The van der Waals surface area contributed by atoms with E-state index >= 15 is 0 Å². The number of hydrogen-bond acceptors (Lipinski definition) is 6. The molecule has 1 aliphatic heterocycles. The van der Waals surface area contributed by atoms with E-state index in [0.29, 0.717) is 23.8 Å². The number of oxime groups is 1. The van der Waals surface area contributed by atoms with Crippen molar-refractivity contribution in [2.24, 2.45) is 10.9 Å². The smallest absolute Gasteiger partial charge is 0.170 e. The molecule has 0 spiro atoms. The molecule has 7 nitrogen and oxygen atoms in total. The lowest BCUT2D eigenvalue weighted by molar-refractivity contribution is 0.0342. The maximum absolute atomic E-state index is 8.77. The van der Waals surface area contributed by atoms with Crippen molar-refractivity contribution in [1.29, 1.82) is 5.26 Å². The van der Waals surface area contributed by atoms with Gasteiger partial charge in [-0.3, -0.25) is 4.90 Å². The van der Waals surface area contributed by atoms with Crippen molar-refractivity contribution in [3.63, 3.8) is 0 Å². The van der Waals surface area contributed by atoms with Gasteiger partial charge in [-0.15, -0.1) is 0 Å². The zero-order valence-electron chi connectivity index (χ0n) is 15.7. The second kappa shape index (κ2) is 10.3. The number of ether oxygens (including phenoxy) is 2. The van der Waals surface area contributed by atoms with Gasteiger partial charge in [0.25, 0.3) is 0 Å². The van der Waals surface area contributed by atoms with Crippen molar-refractivity contribution in [3.05, 3.63) is 65.2 Å². The number of nitrogens with two attached hydrogens (primary N) is 1. The molecule has 0 radical (unpaired) electrons. The maximum atomic E-state index is 8.77. The van der Waals surface area contributed by atoms with Crippen LogP contribution < -0.4 is 10.5 Å². The van der Waals surface area contributed by atoms with Gasteiger partial charge in [-0.05, 0) is 35.9 Å². The summed E-state index contributed by atoms with van der Waals surface area (Å²) in [7, 11) is 0. The van der Waals surface area contributed by atoms with Crippen molar-refractivity contribution in [3.8, 4) is 11.8 Å². The molecular weight excluding hydrogens is 356 g/mol. The van der Waals surface area contributed by atoms with Crippen LogP contribution >= 0.6 is 0 Å². The number of nitriles is 1. The molecule has 0 bridgehead atoms. The Morgan fingerprint density at radius 3 is 2.68 bits per heavy atom. The van der Waals surface area contributed by atoms with Crippen LogP contribution in [0.25, 0.3) is 0 Å². The summed E-state index contributed by atoms with van der Waals surface area (Å²) in [4.78, 5) is 7.62. The molecule has 1 fully saturated rings. The molecule has 1 heterocycles. The molecule has 0 saturated carbocycles. The lowest BCUT2D eigenvalue weighted by Gasteiger charge is -2.26. The van der Waals surface area contributed by atoms with Crippen molar-refractivity contribution in [2.75, 3.05) is 39.5 Å². The summed E-state index contributed by atoms with van der Waals surface area (Å²) < 4.78 is 10.9. The van der Waals surface area contributed by atoms with Crippen molar-refractivity contribution in [2.45, 2.75) is 6.54 Å². The van der Waals surface area contributed by atoms with E-state index in [4.69, 9.17) is 25.3 Å². The molecule has 0 atom stereocenters. The summed E-state index contributed by atoms with van der Waals surface area (Å²) in [6, 6.07) is 17.0. The van der Waals surface area contributed by atoms with Gasteiger partial charge in [0.05, 0.1) is 24.8 Å². The molecule has 0 aliphatic carbocycles. The van der Waals surface area contributed by atoms with Gasteiger partial charge in [0.2, 0.25) is 0 Å². The molecule has 7 heteroatoms. The van der Waals surface area contributed by atoms with E-state index in [1.165, 1.54) is 5.56 Å².